The molecule has 0 heterocycles. The number of hydrogen-bond donors (Lipinski definition) is 1. The second-order valence-corrected chi connectivity index (χ2v) is 2.10. The Morgan fingerprint density at radius 3 is 2.78 bits per heavy atom. The van der Waals surface area contributed by atoms with Gasteiger partial charge in [0.1, 0.15) is 0 Å². The van der Waals surface area contributed by atoms with E-state index in [4.69, 9.17) is 16.4 Å². The predicted octanol–water partition coefficient (Wildman–Crippen LogP) is 1.55. The van der Waals surface area contributed by atoms with Gasteiger partial charge in [0.05, 0.1) is 6.61 Å². The van der Waals surface area contributed by atoms with Crippen LogP contribution in [-0.2, 0) is 4.84 Å². The SMILES string of the molecule is CCONCCCCCl. The van der Waals surface area contributed by atoms with Crippen molar-refractivity contribution in [2.75, 3.05) is 19.0 Å². The van der Waals surface area contributed by atoms with Crippen molar-refractivity contribution in [2.45, 2.75) is 19.8 Å². The minimum absolute atomic E-state index is 0.723. The normalized spacial score (nSPS) is 10.0. The summed E-state index contributed by atoms with van der Waals surface area (Å²) in [5, 5.41) is 0. The van der Waals surface area contributed by atoms with E-state index in [1.54, 1.807) is 0 Å². The molecule has 0 unspecified atom stereocenters. The van der Waals surface area contributed by atoms with Gasteiger partial charge in [-0.1, -0.05) is 0 Å². The van der Waals surface area contributed by atoms with E-state index in [-0.39, 0.29) is 0 Å². The Hall–Kier alpha value is 0.210. The van der Waals surface area contributed by atoms with E-state index >= 15 is 0 Å². The fourth-order valence-corrected chi connectivity index (χ4v) is 0.655. The van der Waals surface area contributed by atoms with Gasteiger partial charge in [-0.05, 0) is 19.8 Å². The van der Waals surface area contributed by atoms with E-state index in [2.05, 4.69) is 5.48 Å². The van der Waals surface area contributed by atoms with Gasteiger partial charge in [0, 0.05) is 12.4 Å². The van der Waals surface area contributed by atoms with Gasteiger partial charge < -0.3 is 4.84 Å². The molecule has 0 amide bonds. The summed E-state index contributed by atoms with van der Waals surface area (Å²) in [6.45, 7) is 3.58. The third kappa shape index (κ3) is 8.21. The molecule has 0 aromatic heterocycles. The molecule has 2 nitrogen and oxygen atoms in total. The van der Waals surface area contributed by atoms with Crippen molar-refractivity contribution in [3.05, 3.63) is 0 Å². The van der Waals surface area contributed by atoms with Crippen LogP contribution in [-0.4, -0.2) is 19.0 Å². The largest absolute Gasteiger partial charge is 0.302 e. The highest BCUT2D eigenvalue weighted by atomic mass is 35.5. The second-order valence-electron chi connectivity index (χ2n) is 1.72. The number of unbranched alkanes of at least 4 members (excludes halogenated alkanes) is 1. The van der Waals surface area contributed by atoms with Crippen LogP contribution in [0.4, 0.5) is 0 Å². The second kappa shape index (κ2) is 8.21. The van der Waals surface area contributed by atoms with Gasteiger partial charge in [-0.15, -0.1) is 11.6 Å². The number of halogens is 1. The number of hydrogen-bond acceptors (Lipinski definition) is 2. The van der Waals surface area contributed by atoms with Crippen LogP contribution < -0.4 is 5.48 Å². The molecule has 0 spiro atoms. The Balaban J connectivity index is 2.60. The molecule has 56 valence electrons. The zero-order chi connectivity index (χ0) is 6.95. The maximum absolute atomic E-state index is 5.45. The minimum Gasteiger partial charge on any atom is -0.302 e. The summed E-state index contributed by atoms with van der Waals surface area (Å²) in [4.78, 5) is 4.89. The Kier molecular flexibility index (Phi) is 8.40. The van der Waals surface area contributed by atoms with Crippen molar-refractivity contribution in [1.82, 2.24) is 5.48 Å². The van der Waals surface area contributed by atoms with E-state index in [0.29, 0.717) is 0 Å². The molecule has 0 fully saturated rings. The molecule has 3 heteroatoms. The van der Waals surface area contributed by atoms with Gasteiger partial charge >= 0.3 is 0 Å². The van der Waals surface area contributed by atoms with Crippen molar-refractivity contribution in [1.29, 1.82) is 0 Å². The first-order chi connectivity index (χ1) is 4.41. The summed E-state index contributed by atoms with van der Waals surface area (Å²) >= 11 is 5.45. The molecule has 9 heavy (non-hydrogen) atoms. The maximum atomic E-state index is 5.45. The first-order valence-electron chi connectivity index (χ1n) is 3.32. The van der Waals surface area contributed by atoms with E-state index in [1.165, 1.54) is 0 Å². The molecule has 0 saturated carbocycles. The molecule has 1 N–H and O–H groups in total. The molecule has 0 aromatic rings. The zero-order valence-electron chi connectivity index (χ0n) is 5.82. The first-order valence-corrected chi connectivity index (χ1v) is 3.86. The van der Waals surface area contributed by atoms with E-state index in [1.807, 2.05) is 6.92 Å². The molecule has 0 atom stereocenters. The highest BCUT2D eigenvalue weighted by molar-refractivity contribution is 6.17. The smallest absolute Gasteiger partial charge is 0.0653 e. The van der Waals surface area contributed by atoms with Crippen LogP contribution in [0.3, 0.4) is 0 Å². The van der Waals surface area contributed by atoms with Crippen LogP contribution in [0, 0.1) is 0 Å². The standard InChI is InChI=1S/C6H14ClNO/c1-2-9-8-6-4-3-5-7/h8H,2-6H2,1H3. The van der Waals surface area contributed by atoms with Crippen LogP contribution in [0.1, 0.15) is 19.8 Å². The molecule has 0 bridgehead atoms. The predicted molar refractivity (Wildman–Crippen MR) is 39.6 cm³/mol. The van der Waals surface area contributed by atoms with Gasteiger partial charge in [-0.25, -0.2) is 5.48 Å². The lowest BCUT2D eigenvalue weighted by atomic mass is 10.3. The highest BCUT2D eigenvalue weighted by Gasteiger charge is 1.84. The van der Waals surface area contributed by atoms with Gasteiger partial charge in [-0.2, -0.15) is 0 Å². The fourth-order valence-electron chi connectivity index (χ4n) is 0.466. The Morgan fingerprint density at radius 2 is 2.22 bits per heavy atom. The quantitative estimate of drug-likeness (QED) is 0.353. The number of nitrogens with one attached hydrogen (secondary N) is 1. The van der Waals surface area contributed by atoms with Crippen molar-refractivity contribution in [3.63, 3.8) is 0 Å². The molecule has 0 aliphatic carbocycles. The number of rotatable bonds is 6. The van der Waals surface area contributed by atoms with Crippen molar-refractivity contribution in [3.8, 4) is 0 Å². The van der Waals surface area contributed by atoms with Crippen LogP contribution in [0.2, 0.25) is 0 Å². The third-order valence-electron chi connectivity index (χ3n) is 0.909. The Morgan fingerprint density at radius 1 is 1.44 bits per heavy atom. The molecule has 0 rings (SSSR count). The Bertz CT molecular complexity index is 46.3. The Labute approximate surface area is 61.5 Å². The summed E-state index contributed by atoms with van der Waals surface area (Å²) in [5.41, 5.74) is 2.81. The molecular formula is C6H14ClNO. The fraction of sp³-hybridized carbons (Fsp3) is 1.00. The van der Waals surface area contributed by atoms with Crippen molar-refractivity contribution < 1.29 is 4.84 Å². The monoisotopic (exact) mass is 151 g/mol. The minimum atomic E-state index is 0.723. The van der Waals surface area contributed by atoms with Crippen LogP contribution in [0.5, 0.6) is 0 Å². The van der Waals surface area contributed by atoms with E-state index in [9.17, 15) is 0 Å². The van der Waals surface area contributed by atoms with E-state index in [0.717, 1.165) is 31.9 Å². The van der Waals surface area contributed by atoms with Crippen molar-refractivity contribution >= 4 is 11.6 Å². The lowest BCUT2D eigenvalue weighted by Crippen LogP contribution is -2.15. The molecule has 0 radical (unpaired) electrons. The molecule has 0 saturated heterocycles. The molecule has 0 aromatic carbocycles. The highest BCUT2D eigenvalue weighted by Crippen LogP contribution is 1.88. The summed E-state index contributed by atoms with van der Waals surface area (Å²) in [6, 6.07) is 0. The lowest BCUT2D eigenvalue weighted by molar-refractivity contribution is 0.0504. The first kappa shape index (κ1) is 9.21. The lowest BCUT2D eigenvalue weighted by Gasteiger charge is -2.00. The zero-order valence-corrected chi connectivity index (χ0v) is 6.58. The summed E-state index contributed by atoms with van der Waals surface area (Å²) in [5.74, 6) is 0.744. The van der Waals surface area contributed by atoms with Gasteiger partial charge in [0.2, 0.25) is 0 Å². The third-order valence-corrected chi connectivity index (χ3v) is 1.18. The van der Waals surface area contributed by atoms with Crippen LogP contribution in [0.25, 0.3) is 0 Å². The van der Waals surface area contributed by atoms with Crippen LogP contribution >= 0.6 is 11.6 Å². The number of hydroxylamine groups is 1. The molecule has 0 aliphatic heterocycles. The average Bonchev–Trinajstić information content (AvgIpc) is 1.89. The summed E-state index contributed by atoms with van der Waals surface area (Å²) in [6.07, 6.45) is 2.14. The summed E-state index contributed by atoms with van der Waals surface area (Å²) < 4.78 is 0. The van der Waals surface area contributed by atoms with Gasteiger partial charge in [0.25, 0.3) is 0 Å². The molecule has 0 aliphatic rings. The topological polar surface area (TPSA) is 21.3 Å². The summed E-state index contributed by atoms with van der Waals surface area (Å²) in [7, 11) is 0. The van der Waals surface area contributed by atoms with Gasteiger partial charge in [-0.3, -0.25) is 0 Å². The molecular weight excluding hydrogens is 138 g/mol. The number of alkyl halides is 1. The maximum Gasteiger partial charge on any atom is 0.0653 e. The van der Waals surface area contributed by atoms with Gasteiger partial charge in [0.15, 0.2) is 0 Å². The van der Waals surface area contributed by atoms with Crippen molar-refractivity contribution in [2.24, 2.45) is 0 Å². The average molecular weight is 152 g/mol. The van der Waals surface area contributed by atoms with Crippen LogP contribution in [0.15, 0.2) is 0 Å². The van der Waals surface area contributed by atoms with E-state index < -0.39 is 0 Å².